The van der Waals surface area contributed by atoms with E-state index in [1.54, 1.807) is 30.1 Å². The van der Waals surface area contributed by atoms with Crippen LogP contribution in [0.25, 0.3) is 21.1 Å². The second-order valence-electron chi connectivity index (χ2n) is 10.2. The molecule has 38 heavy (non-hydrogen) atoms. The predicted octanol–water partition coefficient (Wildman–Crippen LogP) is 5.48. The Labute approximate surface area is 225 Å². The lowest BCUT2D eigenvalue weighted by Gasteiger charge is -2.42. The van der Waals surface area contributed by atoms with Crippen LogP contribution in [0.2, 0.25) is 0 Å². The minimum Gasteiger partial charge on any atom is -0.465 e. The number of H-pyrrole nitrogens is 1. The van der Waals surface area contributed by atoms with Crippen molar-refractivity contribution < 1.29 is 19.1 Å². The van der Waals surface area contributed by atoms with E-state index in [2.05, 4.69) is 39.3 Å². The van der Waals surface area contributed by atoms with E-state index < -0.39 is 0 Å². The lowest BCUT2D eigenvalue weighted by atomic mass is 9.95. The zero-order chi connectivity index (χ0) is 26.2. The van der Waals surface area contributed by atoms with Gasteiger partial charge in [-0.2, -0.15) is 0 Å². The van der Waals surface area contributed by atoms with Crippen molar-refractivity contribution in [2.45, 2.75) is 64.2 Å². The quantitative estimate of drug-likeness (QED) is 0.303. The maximum Gasteiger partial charge on any atom is 0.325 e. The van der Waals surface area contributed by atoms with Crippen LogP contribution in [0.5, 0.6) is 10.9 Å². The number of ether oxygens (including phenoxy) is 2. The zero-order valence-electron chi connectivity index (χ0n) is 21.7. The van der Waals surface area contributed by atoms with Crippen molar-refractivity contribution in [2.24, 2.45) is 0 Å². The molecule has 2 aliphatic rings. The molecule has 2 aromatic heterocycles. The third kappa shape index (κ3) is 4.88. The number of rotatable bonds is 8. The Bertz CT molecular complexity index is 1430. The molecule has 4 aromatic rings. The molecule has 4 heterocycles. The average molecular weight is 533 g/mol. The maximum atomic E-state index is 12.4. The van der Waals surface area contributed by atoms with Gasteiger partial charge in [0.2, 0.25) is 5.91 Å². The highest BCUT2D eigenvalue weighted by atomic mass is 32.1. The van der Waals surface area contributed by atoms with Crippen molar-refractivity contribution >= 4 is 44.3 Å². The molecule has 3 atom stereocenters. The normalized spacial score (nSPS) is 21.2. The number of para-hydroxylation sites is 1. The Morgan fingerprint density at radius 1 is 1.16 bits per heavy atom. The van der Waals surface area contributed by atoms with Gasteiger partial charge in [-0.05, 0) is 68.5 Å². The van der Waals surface area contributed by atoms with E-state index in [1.807, 2.05) is 24.3 Å². The molecule has 198 valence electrons. The topological polar surface area (TPSA) is 87.8 Å². The molecular formula is C29H32N4O4S. The Morgan fingerprint density at radius 3 is 2.68 bits per heavy atom. The summed E-state index contributed by atoms with van der Waals surface area (Å²) in [6.07, 6.45) is 6.08. The summed E-state index contributed by atoms with van der Waals surface area (Å²) < 4.78 is 12.4. The molecule has 8 nitrogen and oxygen atoms in total. The van der Waals surface area contributed by atoms with E-state index in [0.29, 0.717) is 23.9 Å². The number of hydrogen-bond acceptors (Lipinski definition) is 7. The highest BCUT2D eigenvalue weighted by molar-refractivity contribution is 7.20. The molecule has 1 unspecified atom stereocenters. The summed E-state index contributed by atoms with van der Waals surface area (Å²) in [5, 5.41) is 1.79. The van der Waals surface area contributed by atoms with Crippen LogP contribution in [0.15, 0.2) is 48.7 Å². The average Bonchev–Trinajstić information content (AvgIpc) is 3.55. The van der Waals surface area contributed by atoms with Crippen molar-refractivity contribution in [3.05, 3.63) is 54.2 Å². The third-order valence-electron chi connectivity index (χ3n) is 7.88. The summed E-state index contributed by atoms with van der Waals surface area (Å²) in [5.74, 6) is 0.378. The molecule has 0 radical (unpaired) electrons. The standard InChI is InChI=1S/C29H32N4O4S/c1-3-36-28(35)17-32(18(2)34)22-12-20-8-9-21(13-22)33(20)16-19-15-30-25-11-10-23(14-24(19)25)37-29-31-26-6-4-5-7-27(26)38-29/h4-7,10-11,14-15,20-22,30H,3,8-9,12-13,16-17H2,1-2H3/t20-,21+,22?. The van der Waals surface area contributed by atoms with Crippen LogP contribution in [0, 0.1) is 0 Å². The summed E-state index contributed by atoms with van der Waals surface area (Å²) in [4.78, 5) is 36.9. The monoisotopic (exact) mass is 532 g/mol. The van der Waals surface area contributed by atoms with Crippen molar-refractivity contribution in [1.29, 1.82) is 0 Å². The molecule has 2 bridgehead atoms. The number of hydrogen-bond donors (Lipinski definition) is 1. The largest absolute Gasteiger partial charge is 0.465 e. The van der Waals surface area contributed by atoms with Crippen LogP contribution in [0.4, 0.5) is 0 Å². The van der Waals surface area contributed by atoms with E-state index in [-0.39, 0.29) is 24.5 Å². The molecule has 2 aromatic carbocycles. The number of nitrogens with one attached hydrogen (secondary N) is 1. The van der Waals surface area contributed by atoms with Gasteiger partial charge >= 0.3 is 5.97 Å². The first kappa shape index (κ1) is 24.9. The number of fused-ring (bicyclic) bond motifs is 4. The molecule has 1 amide bonds. The van der Waals surface area contributed by atoms with Gasteiger partial charge in [-0.3, -0.25) is 14.5 Å². The highest BCUT2D eigenvalue weighted by Gasteiger charge is 2.43. The lowest BCUT2D eigenvalue weighted by Crippen LogP contribution is -2.52. The fourth-order valence-corrected chi connectivity index (χ4v) is 6.98. The number of carbonyl (C=O) groups is 2. The van der Waals surface area contributed by atoms with E-state index in [0.717, 1.165) is 59.1 Å². The minimum atomic E-state index is -0.333. The van der Waals surface area contributed by atoms with Gasteiger partial charge < -0.3 is 19.4 Å². The van der Waals surface area contributed by atoms with Crippen LogP contribution in [-0.4, -0.2) is 62.9 Å². The molecule has 0 spiro atoms. The van der Waals surface area contributed by atoms with Gasteiger partial charge in [-0.15, -0.1) is 0 Å². The van der Waals surface area contributed by atoms with Gasteiger partial charge in [0.05, 0.1) is 16.8 Å². The number of aromatic nitrogens is 2. The summed E-state index contributed by atoms with van der Waals surface area (Å²) in [5.41, 5.74) is 3.26. The van der Waals surface area contributed by atoms with Gasteiger partial charge in [0.15, 0.2) is 0 Å². The first-order valence-electron chi connectivity index (χ1n) is 13.3. The number of esters is 1. The number of nitrogens with zero attached hydrogens (tertiary/aromatic N) is 3. The third-order valence-corrected chi connectivity index (χ3v) is 8.80. The number of amides is 1. The Balaban J connectivity index is 1.17. The summed E-state index contributed by atoms with van der Waals surface area (Å²) in [7, 11) is 0. The van der Waals surface area contributed by atoms with Crippen molar-refractivity contribution in [3.63, 3.8) is 0 Å². The number of thiazole rings is 1. The number of benzene rings is 2. The molecule has 2 saturated heterocycles. The van der Waals surface area contributed by atoms with E-state index in [9.17, 15) is 9.59 Å². The summed E-state index contributed by atoms with van der Waals surface area (Å²) >= 11 is 1.55. The smallest absolute Gasteiger partial charge is 0.325 e. The molecule has 0 aliphatic carbocycles. The van der Waals surface area contributed by atoms with Gasteiger partial charge in [-0.1, -0.05) is 23.5 Å². The second kappa shape index (κ2) is 10.4. The minimum absolute atomic E-state index is 0.0349. The van der Waals surface area contributed by atoms with Crippen molar-refractivity contribution in [1.82, 2.24) is 19.8 Å². The number of carbonyl (C=O) groups excluding carboxylic acids is 2. The van der Waals surface area contributed by atoms with Crippen LogP contribution in [0.3, 0.4) is 0 Å². The van der Waals surface area contributed by atoms with E-state index in [1.165, 1.54) is 5.56 Å². The number of piperidine rings is 1. The Kier molecular flexibility index (Phi) is 6.80. The van der Waals surface area contributed by atoms with Crippen molar-refractivity contribution in [3.8, 4) is 10.9 Å². The van der Waals surface area contributed by atoms with E-state index >= 15 is 0 Å². The van der Waals surface area contributed by atoms with Crippen LogP contribution >= 0.6 is 11.3 Å². The maximum absolute atomic E-state index is 12.4. The van der Waals surface area contributed by atoms with Crippen LogP contribution in [0.1, 0.15) is 45.1 Å². The van der Waals surface area contributed by atoms with Gasteiger partial charge in [0.25, 0.3) is 5.19 Å². The first-order chi connectivity index (χ1) is 18.5. The Morgan fingerprint density at radius 2 is 1.95 bits per heavy atom. The van der Waals surface area contributed by atoms with Crippen LogP contribution in [-0.2, 0) is 20.9 Å². The van der Waals surface area contributed by atoms with E-state index in [4.69, 9.17) is 9.47 Å². The fourth-order valence-electron chi connectivity index (χ4n) is 6.15. The second-order valence-corrected chi connectivity index (χ2v) is 11.2. The van der Waals surface area contributed by atoms with Crippen LogP contribution < -0.4 is 4.74 Å². The van der Waals surface area contributed by atoms with Gasteiger partial charge in [-0.25, -0.2) is 4.98 Å². The molecule has 2 aliphatic heterocycles. The lowest BCUT2D eigenvalue weighted by molar-refractivity contribution is -0.150. The zero-order valence-corrected chi connectivity index (χ0v) is 22.5. The van der Waals surface area contributed by atoms with Crippen molar-refractivity contribution in [2.75, 3.05) is 13.2 Å². The number of aromatic amines is 1. The first-order valence-corrected chi connectivity index (χ1v) is 14.1. The Hall–Kier alpha value is -3.43. The molecule has 9 heteroatoms. The molecule has 6 rings (SSSR count). The fraction of sp³-hybridized carbons (Fsp3) is 0.414. The summed E-state index contributed by atoms with van der Waals surface area (Å²) in [6.45, 7) is 4.53. The predicted molar refractivity (Wildman–Crippen MR) is 147 cm³/mol. The molecule has 1 N–H and O–H groups in total. The molecule has 2 fully saturated rings. The van der Waals surface area contributed by atoms with Gasteiger partial charge in [0.1, 0.15) is 12.3 Å². The molecular weight excluding hydrogens is 500 g/mol. The summed E-state index contributed by atoms with van der Waals surface area (Å²) in [6, 6.07) is 15.0. The molecule has 0 saturated carbocycles. The SMILES string of the molecule is CCOC(=O)CN(C(C)=O)C1C[C@H]2CC[C@@H](C1)N2Cc1c[nH]c2ccc(Oc3nc4ccccc4s3)cc12. The van der Waals surface area contributed by atoms with Gasteiger partial charge in [0, 0.05) is 48.7 Å². The highest BCUT2D eigenvalue weighted by Crippen LogP contribution is 2.40.